The highest BCUT2D eigenvalue weighted by Crippen LogP contribution is 2.23. The average molecular weight is 255 g/mol. The monoisotopic (exact) mass is 254 g/mol. The molecule has 0 fully saturated rings. The molecule has 5 nitrogen and oxygen atoms in total. The first kappa shape index (κ1) is 11.6. The lowest BCUT2D eigenvalue weighted by atomic mass is 10.1. The Morgan fingerprint density at radius 3 is 2.65 bits per heavy atom. The zero-order valence-corrected chi connectivity index (χ0v) is 9.19. The first-order valence-corrected chi connectivity index (χ1v) is 5.01. The molecule has 0 unspecified atom stereocenters. The van der Waals surface area contributed by atoms with Gasteiger partial charge in [0, 0.05) is 10.4 Å². The van der Waals surface area contributed by atoms with Crippen LogP contribution in [0.2, 0.25) is 5.02 Å². The Bertz CT molecular complexity index is 659. The van der Waals surface area contributed by atoms with Crippen molar-refractivity contribution in [2.75, 3.05) is 0 Å². The smallest absolute Gasteiger partial charge is 0.351 e. The molecule has 0 amide bonds. The largest absolute Gasteiger partial charge is 0.477 e. The number of carbonyl (C=O) groups is 1. The standard InChI is InChI=1S/C11H7ClO5/c12-8-2-5-1-7(10(14)15)11(16)17-9(5)3-6(8)4-13/h1-3,13H,4H2,(H,14,15). The molecule has 88 valence electrons. The highest BCUT2D eigenvalue weighted by Gasteiger charge is 2.13. The van der Waals surface area contributed by atoms with Gasteiger partial charge in [-0.3, -0.25) is 0 Å². The van der Waals surface area contributed by atoms with Crippen LogP contribution in [-0.2, 0) is 6.61 Å². The Labute approximate surface area is 99.9 Å². The number of halogens is 1. The van der Waals surface area contributed by atoms with E-state index in [2.05, 4.69) is 0 Å². The minimum absolute atomic E-state index is 0.188. The minimum atomic E-state index is -1.36. The maximum absolute atomic E-state index is 11.3. The summed E-state index contributed by atoms with van der Waals surface area (Å²) in [6.45, 7) is -0.292. The fourth-order valence-electron chi connectivity index (χ4n) is 1.45. The van der Waals surface area contributed by atoms with Crippen LogP contribution in [0.3, 0.4) is 0 Å². The minimum Gasteiger partial charge on any atom is -0.477 e. The second-order valence-electron chi connectivity index (χ2n) is 3.39. The summed E-state index contributed by atoms with van der Waals surface area (Å²) in [5.74, 6) is -1.36. The molecule has 0 bridgehead atoms. The highest BCUT2D eigenvalue weighted by atomic mass is 35.5. The van der Waals surface area contributed by atoms with E-state index >= 15 is 0 Å². The van der Waals surface area contributed by atoms with Gasteiger partial charge in [-0.2, -0.15) is 0 Å². The van der Waals surface area contributed by atoms with E-state index in [1.54, 1.807) is 0 Å². The van der Waals surface area contributed by atoms with Gasteiger partial charge in [0.2, 0.25) is 0 Å². The van der Waals surface area contributed by atoms with Crippen molar-refractivity contribution < 1.29 is 19.4 Å². The third kappa shape index (κ3) is 2.02. The lowest BCUT2D eigenvalue weighted by molar-refractivity contribution is 0.0692. The number of carboxylic acid groups (broad SMARTS) is 1. The Morgan fingerprint density at radius 1 is 1.35 bits per heavy atom. The van der Waals surface area contributed by atoms with Gasteiger partial charge in [0.1, 0.15) is 11.1 Å². The molecule has 0 spiro atoms. The molecule has 1 aromatic carbocycles. The van der Waals surface area contributed by atoms with Crippen LogP contribution in [0.15, 0.2) is 27.4 Å². The molecule has 0 saturated heterocycles. The van der Waals surface area contributed by atoms with E-state index in [0.717, 1.165) is 0 Å². The van der Waals surface area contributed by atoms with Gasteiger partial charge in [0.15, 0.2) is 0 Å². The van der Waals surface area contributed by atoms with Gasteiger partial charge in [-0.05, 0) is 23.8 Å². The molecule has 17 heavy (non-hydrogen) atoms. The second kappa shape index (κ2) is 4.20. The van der Waals surface area contributed by atoms with Crippen molar-refractivity contribution in [2.45, 2.75) is 6.61 Å². The summed E-state index contributed by atoms with van der Waals surface area (Å²) in [5.41, 5.74) is -0.791. The van der Waals surface area contributed by atoms with Gasteiger partial charge in [-0.25, -0.2) is 9.59 Å². The molecule has 0 aliphatic carbocycles. The quantitative estimate of drug-likeness (QED) is 0.796. The van der Waals surface area contributed by atoms with E-state index in [1.165, 1.54) is 18.2 Å². The van der Waals surface area contributed by atoms with Crippen molar-refractivity contribution in [3.8, 4) is 0 Å². The number of rotatable bonds is 2. The van der Waals surface area contributed by atoms with Gasteiger partial charge >= 0.3 is 11.6 Å². The molecular weight excluding hydrogens is 248 g/mol. The van der Waals surface area contributed by atoms with E-state index in [1.807, 2.05) is 0 Å². The normalized spacial score (nSPS) is 10.7. The molecule has 0 radical (unpaired) electrons. The third-order valence-corrected chi connectivity index (χ3v) is 2.65. The van der Waals surface area contributed by atoms with Crippen LogP contribution < -0.4 is 5.63 Å². The Kier molecular flexibility index (Phi) is 2.87. The van der Waals surface area contributed by atoms with Crippen LogP contribution in [0.4, 0.5) is 0 Å². The number of hydrogen-bond acceptors (Lipinski definition) is 4. The molecular formula is C11H7ClO5. The Balaban J connectivity index is 2.79. The SMILES string of the molecule is O=C(O)c1cc2cc(Cl)c(CO)cc2oc1=O. The number of hydrogen-bond donors (Lipinski definition) is 2. The van der Waals surface area contributed by atoms with Crippen molar-refractivity contribution in [2.24, 2.45) is 0 Å². The molecule has 2 aromatic rings. The number of aliphatic hydroxyl groups excluding tert-OH is 1. The molecule has 0 aliphatic heterocycles. The number of aromatic carboxylic acids is 1. The molecule has 2 N–H and O–H groups in total. The number of benzene rings is 1. The van der Waals surface area contributed by atoms with Crippen molar-refractivity contribution in [1.29, 1.82) is 0 Å². The van der Waals surface area contributed by atoms with Gasteiger partial charge in [0.05, 0.1) is 6.61 Å². The third-order valence-electron chi connectivity index (χ3n) is 2.30. The van der Waals surface area contributed by atoms with E-state index in [0.29, 0.717) is 10.9 Å². The fourth-order valence-corrected chi connectivity index (χ4v) is 1.68. The highest BCUT2D eigenvalue weighted by molar-refractivity contribution is 6.32. The van der Waals surface area contributed by atoms with Crippen LogP contribution in [0.1, 0.15) is 15.9 Å². The first-order valence-electron chi connectivity index (χ1n) is 4.63. The Morgan fingerprint density at radius 2 is 2.06 bits per heavy atom. The van der Waals surface area contributed by atoms with Gasteiger partial charge in [0.25, 0.3) is 0 Å². The molecule has 1 heterocycles. The molecule has 0 atom stereocenters. The summed E-state index contributed by atoms with van der Waals surface area (Å²) in [6.07, 6.45) is 0. The predicted molar refractivity (Wildman–Crippen MR) is 60.4 cm³/mol. The first-order chi connectivity index (χ1) is 8.02. The van der Waals surface area contributed by atoms with Crippen LogP contribution in [0.25, 0.3) is 11.0 Å². The number of fused-ring (bicyclic) bond motifs is 1. The second-order valence-corrected chi connectivity index (χ2v) is 3.80. The van der Waals surface area contributed by atoms with Gasteiger partial charge in [-0.15, -0.1) is 0 Å². The van der Waals surface area contributed by atoms with Crippen molar-refractivity contribution in [3.63, 3.8) is 0 Å². The summed E-state index contributed by atoms with van der Waals surface area (Å²) in [5, 5.41) is 18.4. The molecule has 2 rings (SSSR count). The number of aliphatic hydroxyl groups is 1. The average Bonchev–Trinajstić information content (AvgIpc) is 2.27. The van der Waals surface area contributed by atoms with Crippen LogP contribution >= 0.6 is 11.6 Å². The lowest BCUT2D eigenvalue weighted by Crippen LogP contribution is -2.12. The summed E-state index contributed by atoms with van der Waals surface area (Å²) in [4.78, 5) is 22.1. The molecule has 0 aliphatic rings. The predicted octanol–water partition coefficient (Wildman–Crippen LogP) is 1.64. The van der Waals surface area contributed by atoms with Gasteiger partial charge in [-0.1, -0.05) is 11.6 Å². The molecule has 6 heteroatoms. The van der Waals surface area contributed by atoms with Crippen molar-refractivity contribution in [1.82, 2.24) is 0 Å². The zero-order valence-electron chi connectivity index (χ0n) is 8.44. The Hall–Kier alpha value is -1.85. The maximum Gasteiger partial charge on any atom is 0.351 e. The topological polar surface area (TPSA) is 87.7 Å². The van der Waals surface area contributed by atoms with Crippen LogP contribution in [-0.4, -0.2) is 16.2 Å². The van der Waals surface area contributed by atoms with Crippen LogP contribution in [0, 0.1) is 0 Å². The van der Waals surface area contributed by atoms with E-state index in [9.17, 15) is 9.59 Å². The fraction of sp³-hybridized carbons (Fsp3) is 0.0909. The summed E-state index contributed by atoms with van der Waals surface area (Å²) < 4.78 is 4.85. The van der Waals surface area contributed by atoms with Gasteiger partial charge < -0.3 is 14.6 Å². The number of carboxylic acids is 1. The van der Waals surface area contributed by atoms with Crippen LogP contribution in [0.5, 0.6) is 0 Å². The summed E-state index contributed by atoms with van der Waals surface area (Å²) >= 11 is 5.85. The lowest BCUT2D eigenvalue weighted by Gasteiger charge is -2.03. The summed E-state index contributed by atoms with van der Waals surface area (Å²) in [6, 6.07) is 4.04. The maximum atomic E-state index is 11.3. The van der Waals surface area contributed by atoms with E-state index in [4.69, 9.17) is 26.2 Å². The van der Waals surface area contributed by atoms with E-state index < -0.39 is 17.2 Å². The zero-order chi connectivity index (χ0) is 12.6. The molecule has 1 aromatic heterocycles. The van der Waals surface area contributed by atoms with Crippen molar-refractivity contribution in [3.05, 3.63) is 44.8 Å². The summed E-state index contributed by atoms with van der Waals surface area (Å²) in [7, 11) is 0. The van der Waals surface area contributed by atoms with Crippen molar-refractivity contribution >= 4 is 28.5 Å². The molecule has 0 saturated carbocycles. The van der Waals surface area contributed by atoms with E-state index in [-0.39, 0.29) is 17.2 Å².